The molecular formula is C36H22BN. The third kappa shape index (κ3) is 2.57. The summed E-state index contributed by atoms with van der Waals surface area (Å²) in [6.45, 7) is 0.0952. The van der Waals surface area contributed by atoms with Gasteiger partial charge < -0.3 is 4.81 Å². The Morgan fingerprint density at radius 1 is 0.395 bits per heavy atom. The molecule has 0 unspecified atom stereocenters. The maximum atomic E-state index is 2.60. The summed E-state index contributed by atoms with van der Waals surface area (Å²) < 4.78 is 0. The van der Waals surface area contributed by atoms with Gasteiger partial charge >= 0.3 is 6.85 Å². The monoisotopic (exact) mass is 479 g/mol. The Labute approximate surface area is 221 Å². The molecule has 9 rings (SSSR count). The van der Waals surface area contributed by atoms with Crippen LogP contribution in [-0.4, -0.2) is 6.85 Å². The fourth-order valence-electron chi connectivity index (χ4n) is 7.01. The Bertz CT molecular complexity index is 2110. The van der Waals surface area contributed by atoms with E-state index in [1.165, 1.54) is 76.9 Å². The second-order valence-corrected chi connectivity index (χ2v) is 10.5. The van der Waals surface area contributed by atoms with Crippen molar-refractivity contribution in [3.05, 3.63) is 133 Å². The number of para-hydroxylation sites is 1. The number of benzene rings is 7. The standard InChI is InChI=1S/C36H22BN/c1-2-12-26-22-32-30(21-25(26)11-1)36-28-14-6-4-10-24(28)18-20-34(36)38-33-16-8-7-15-29(33)35-27-13-5-3-9-23(27)17-19-31(35)37(32)38/h1-22H. The lowest BCUT2D eigenvalue weighted by Gasteiger charge is -2.44. The Kier molecular flexibility index (Phi) is 3.93. The molecule has 1 nitrogen and oxygen atoms in total. The van der Waals surface area contributed by atoms with Gasteiger partial charge in [-0.25, -0.2) is 0 Å². The Balaban J connectivity index is 1.48. The quantitative estimate of drug-likeness (QED) is 0.199. The summed E-state index contributed by atoms with van der Waals surface area (Å²) in [5.41, 5.74) is 10.6. The summed E-state index contributed by atoms with van der Waals surface area (Å²) in [4.78, 5) is 2.60. The number of rotatable bonds is 0. The van der Waals surface area contributed by atoms with Crippen molar-refractivity contribution in [1.82, 2.24) is 0 Å². The first-order valence-electron chi connectivity index (χ1n) is 13.3. The normalized spacial score (nSPS) is 13.2. The fourth-order valence-corrected chi connectivity index (χ4v) is 7.01. The van der Waals surface area contributed by atoms with Crippen molar-refractivity contribution in [3.8, 4) is 22.3 Å². The smallest absolute Gasteiger partial charge is 0.329 e. The van der Waals surface area contributed by atoms with Crippen LogP contribution >= 0.6 is 0 Å². The predicted octanol–water partition coefficient (Wildman–Crippen LogP) is 8.05. The zero-order valence-corrected chi connectivity index (χ0v) is 20.7. The second kappa shape index (κ2) is 7.37. The molecule has 38 heavy (non-hydrogen) atoms. The van der Waals surface area contributed by atoms with Gasteiger partial charge in [0.15, 0.2) is 0 Å². The lowest BCUT2D eigenvalue weighted by molar-refractivity contribution is 1.36. The number of fused-ring (bicyclic) bond motifs is 16. The largest absolute Gasteiger partial charge is 0.376 e. The molecule has 0 bridgehead atoms. The minimum Gasteiger partial charge on any atom is -0.376 e. The first-order chi connectivity index (χ1) is 18.9. The van der Waals surface area contributed by atoms with Crippen LogP contribution in [-0.2, 0) is 0 Å². The van der Waals surface area contributed by atoms with Crippen molar-refractivity contribution < 1.29 is 0 Å². The molecule has 2 heteroatoms. The van der Waals surface area contributed by atoms with Gasteiger partial charge in [-0.3, -0.25) is 0 Å². The van der Waals surface area contributed by atoms with E-state index in [1.54, 1.807) is 0 Å². The molecule has 0 aromatic heterocycles. The average Bonchev–Trinajstić information content (AvgIpc) is 2.99. The van der Waals surface area contributed by atoms with Gasteiger partial charge in [0.25, 0.3) is 0 Å². The highest BCUT2D eigenvalue weighted by molar-refractivity contribution is 6.93. The molecule has 2 heterocycles. The number of nitrogens with zero attached hydrogens (tertiary/aromatic N) is 1. The van der Waals surface area contributed by atoms with E-state index >= 15 is 0 Å². The van der Waals surface area contributed by atoms with Gasteiger partial charge in [0.2, 0.25) is 0 Å². The summed E-state index contributed by atoms with van der Waals surface area (Å²) in [5.74, 6) is 0. The van der Waals surface area contributed by atoms with Crippen molar-refractivity contribution in [2.24, 2.45) is 0 Å². The minimum atomic E-state index is 0.0952. The maximum Gasteiger partial charge on any atom is 0.329 e. The molecule has 0 fully saturated rings. The molecule has 7 aromatic carbocycles. The van der Waals surface area contributed by atoms with E-state index in [0.29, 0.717) is 0 Å². The Morgan fingerprint density at radius 2 is 1.00 bits per heavy atom. The van der Waals surface area contributed by atoms with E-state index in [9.17, 15) is 0 Å². The molecule has 0 radical (unpaired) electrons. The summed E-state index contributed by atoms with van der Waals surface area (Å²) in [6.07, 6.45) is 0. The van der Waals surface area contributed by atoms with E-state index in [-0.39, 0.29) is 6.85 Å². The second-order valence-electron chi connectivity index (χ2n) is 10.5. The van der Waals surface area contributed by atoms with Crippen molar-refractivity contribution in [1.29, 1.82) is 0 Å². The lowest BCUT2D eigenvalue weighted by atomic mass is 9.42. The lowest BCUT2D eigenvalue weighted by Crippen LogP contribution is -2.59. The van der Waals surface area contributed by atoms with Crippen molar-refractivity contribution >= 4 is 61.5 Å². The highest BCUT2D eigenvalue weighted by Gasteiger charge is 2.43. The van der Waals surface area contributed by atoms with E-state index < -0.39 is 0 Å². The first kappa shape index (κ1) is 20.3. The van der Waals surface area contributed by atoms with Gasteiger partial charge in [-0.2, -0.15) is 0 Å². The summed E-state index contributed by atoms with van der Waals surface area (Å²) in [6, 6.07) is 49.6. The van der Waals surface area contributed by atoms with Gasteiger partial charge in [0, 0.05) is 22.5 Å². The van der Waals surface area contributed by atoms with Crippen LogP contribution in [0, 0.1) is 0 Å². The summed E-state index contributed by atoms with van der Waals surface area (Å²) >= 11 is 0. The summed E-state index contributed by atoms with van der Waals surface area (Å²) in [5, 5.41) is 7.77. The maximum absolute atomic E-state index is 2.60. The Morgan fingerprint density at radius 3 is 1.79 bits per heavy atom. The van der Waals surface area contributed by atoms with Gasteiger partial charge in [0.1, 0.15) is 0 Å². The number of hydrogen-bond acceptors (Lipinski definition) is 1. The third-order valence-corrected chi connectivity index (χ3v) is 8.60. The van der Waals surface area contributed by atoms with E-state index in [1.807, 2.05) is 0 Å². The molecular weight excluding hydrogens is 457 g/mol. The minimum absolute atomic E-state index is 0.0952. The van der Waals surface area contributed by atoms with Gasteiger partial charge in [-0.05, 0) is 72.6 Å². The van der Waals surface area contributed by atoms with Crippen LogP contribution in [0.3, 0.4) is 0 Å². The molecule has 0 atom stereocenters. The number of anilines is 2. The van der Waals surface area contributed by atoms with Crippen LogP contribution < -0.4 is 15.7 Å². The van der Waals surface area contributed by atoms with Crippen LogP contribution in [0.2, 0.25) is 0 Å². The first-order valence-corrected chi connectivity index (χ1v) is 13.3. The Hall–Kier alpha value is -4.82. The highest BCUT2D eigenvalue weighted by Crippen LogP contribution is 2.49. The number of hydrogen-bond donors (Lipinski definition) is 0. The fraction of sp³-hybridized carbons (Fsp3) is 0. The zero-order chi connectivity index (χ0) is 24.8. The molecule has 2 aliphatic rings. The van der Waals surface area contributed by atoms with Crippen molar-refractivity contribution in [2.75, 3.05) is 4.81 Å². The zero-order valence-electron chi connectivity index (χ0n) is 20.7. The van der Waals surface area contributed by atoms with Gasteiger partial charge in [-0.1, -0.05) is 115 Å². The van der Waals surface area contributed by atoms with E-state index in [0.717, 1.165) is 0 Å². The van der Waals surface area contributed by atoms with E-state index in [2.05, 4.69) is 138 Å². The average molecular weight is 479 g/mol. The van der Waals surface area contributed by atoms with Crippen LogP contribution in [0.25, 0.3) is 54.6 Å². The van der Waals surface area contributed by atoms with Gasteiger partial charge in [-0.15, -0.1) is 0 Å². The van der Waals surface area contributed by atoms with Gasteiger partial charge in [0.05, 0.1) is 0 Å². The van der Waals surface area contributed by atoms with Crippen LogP contribution in [0.1, 0.15) is 0 Å². The van der Waals surface area contributed by atoms with Crippen LogP contribution in [0.5, 0.6) is 0 Å². The topological polar surface area (TPSA) is 3.24 Å². The molecule has 0 amide bonds. The SMILES string of the molecule is c1ccc2c(c1)-c1c(ccc3ccccc13)B1c3cc4ccccc4cc3-c3c(ccc4ccccc34)N12. The molecule has 0 saturated carbocycles. The summed E-state index contributed by atoms with van der Waals surface area (Å²) in [7, 11) is 0. The van der Waals surface area contributed by atoms with Crippen molar-refractivity contribution in [3.63, 3.8) is 0 Å². The highest BCUT2D eigenvalue weighted by atomic mass is 15.1. The molecule has 0 N–H and O–H groups in total. The third-order valence-electron chi connectivity index (χ3n) is 8.60. The molecule has 7 aromatic rings. The molecule has 0 saturated heterocycles. The van der Waals surface area contributed by atoms with E-state index in [4.69, 9.17) is 0 Å². The molecule has 0 spiro atoms. The molecule has 174 valence electrons. The predicted molar refractivity (Wildman–Crippen MR) is 163 cm³/mol. The van der Waals surface area contributed by atoms with Crippen LogP contribution in [0.4, 0.5) is 11.4 Å². The van der Waals surface area contributed by atoms with Crippen molar-refractivity contribution in [2.45, 2.75) is 0 Å². The van der Waals surface area contributed by atoms with Crippen LogP contribution in [0.15, 0.2) is 133 Å². The molecule has 2 aliphatic heterocycles. The molecule has 0 aliphatic carbocycles.